The maximum Gasteiger partial charge on any atom is 0.222 e. The maximum atomic E-state index is 11.1. The second kappa shape index (κ2) is 4.84. The SMILES string of the molecule is CNC(=O)CCCN1CCCC1=O. The third-order valence-electron chi connectivity index (χ3n) is 2.28. The number of carbonyl (C=O) groups excluding carboxylic acids is 2. The molecule has 0 radical (unpaired) electrons. The van der Waals surface area contributed by atoms with Crippen LogP contribution in [0.1, 0.15) is 25.7 Å². The Morgan fingerprint density at radius 3 is 2.92 bits per heavy atom. The van der Waals surface area contributed by atoms with Crippen molar-refractivity contribution in [1.29, 1.82) is 0 Å². The molecular formula is C9H16N2O2. The van der Waals surface area contributed by atoms with E-state index in [0.717, 1.165) is 25.9 Å². The number of likely N-dealkylation sites (tertiary alicyclic amines) is 1. The number of nitrogens with one attached hydrogen (secondary N) is 1. The van der Waals surface area contributed by atoms with Crippen molar-refractivity contribution in [3.63, 3.8) is 0 Å². The van der Waals surface area contributed by atoms with E-state index in [9.17, 15) is 9.59 Å². The van der Waals surface area contributed by atoms with Gasteiger partial charge in [0.2, 0.25) is 11.8 Å². The normalized spacial score (nSPS) is 16.4. The lowest BCUT2D eigenvalue weighted by Gasteiger charge is -2.14. The summed E-state index contributed by atoms with van der Waals surface area (Å²) >= 11 is 0. The van der Waals surface area contributed by atoms with Crippen LogP contribution >= 0.6 is 0 Å². The van der Waals surface area contributed by atoms with Crippen molar-refractivity contribution in [2.75, 3.05) is 20.1 Å². The van der Waals surface area contributed by atoms with Crippen LogP contribution in [-0.4, -0.2) is 36.9 Å². The van der Waals surface area contributed by atoms with Crippen LogP contribution in [0.2, 0.25) is 0 Å². The summed E-state index contributed by atoms with van der Waals surface area (Å²) in [6.07, 6.45) is 2.93. The van der Waals surface area contributed by atoms with Gasteiger partial charge in [-0.05, 0) is 12.8 Å². The number of carbonyl (C=O) groups is 2. The first kappa shape index (κ1) is 10.0. The molecule has 0 unspecified atom stereocenters. The zero-order valence-corrected chi connectivity index (χ0v) is 8.01. The number of amides is 2. The van der Waals surface area contributed by atoms with E-state index >= 15 is 0 Å². The van der Waals surface area contributed by atoms with Gasteiger partial charge in [-0.1, -0.05) is 0 Å². The zero-order valence-electron chi connectivity index (χ0n) is 8.01. The molecule has 0 aromatic heterocycles. The molecule has 0 atom stereocenters. The Labute approximate surface area is 78.3 Å². The van der Waals surface area contributed by atoms with E-state index in [2.05, 4.69) is 5.32 Å². The highest BCUT2D eigenvalue weighted by molar-refractivity contribution is 5.78. The molecule has 13 heavy (non-hydrogen) atoms. The minimum atomic E-state index is 0.0478. The van der Waals surface area contributed by atoms with Crippen molar-refractivity contribution < 1.29 is 9.59 Å². The zero-order chi connectivity index (χ0) is 9.68. The summed E-state index contributed by atoms with van der Waals surface area (Å²) < 4.78 is 0. The molecule has 1 aliphatic rings. The fourth-order valence-corrected chi connectivity index (χ4v) is 1.50. The van der Waals surface area contributed by atoms with E-state index in [0.29, 0.717) is 12.8 Å². The van der Waals surface area contributed by atoms with Crippen LogP contribution in [0.15, 0.2) is 0 Å². The Bertz CT molecular complexity index is 204. The van der Waals surface area contributed by atoms with E-state index in [4.69, 9.17) is 0 Å². The van der Waals surface area contributed by atoms with Crippen LogP contribution in [0.25, 0.3) is 0 Å². The molecule has 0 aliphatic carbocycles. The van der Waals surface area contributed by atoms with E-state index < -0.39 is 0 Å². The maximum absolute atomic E-state index is 11.1. The minimum absolute atomic E-state index is 0.0478. The van der Waals surface area contributed by atoms with Gasteiger partial charge in [-0.15, -0.1) is 0 Å². The molecule has 0 saturated carbocycles. The highest BCUT2D eigenvalue weighted by atomic mass is 16.2. The molecule has 2 amide bonds. The Morgan fingerprint density at radius 2 is 2.38 bits per heavy atom. The van der Waals surface area contributed by atoms with Crippen molar-refractivity contribution in [1.82, 2.24) is 10.2 Å². The third-order valence-corrected chi connectivity index (χ3v) is 2.28. The van der Waals surface area contributed by atoms with Crippen LogP contribution in [0.5, 0.6) is 0 Å². The van der Waals surface area contributed by atoms with Gasteiger partial charge >= 0.3 is 0 Å². The lowest BCUT2D eigenvalue weighted by Crippen LogP contribution is -2.27. The molecule has 0 bridgehead atoms. The lowest BCUT2D eigenvalue weighted by atomic mass is 10.3. The predicted octanol–water partition coefficient (Wildman–Crippen LogP) is 0.135. The Morgan fingerprint density at radius 1 is 1.62 bits per heavy atom. The van der Waals surface area contributed by atoms with Gasteiger partial charge < -0.3 is 10.2 Å². The standard InChI is InChI=1S/C9H16N2O2/c1-10-8(12)4-2-6-11-7-3-5-9(11)13/h2-7H2,1H3,(H,10,12). The highest BCUT2D eigenvalue weighted by Crippen LogP contribution is 2.10. The fraction of sp³-hybridized carbons (Fsp3) is 0.778. The van der Waals surface area contributed by atoms with Crippen LogP contribution in [-0.2, 0) is 9.59 Å². The molecule has 0 aromatic carbocycles. The van der Waals surface area contributed by atoms with Crippen molar-refractivity contribution in [2.45, 2.75) is 25.7 Å². The van der Waals surface area contributed by atoms with Gasteiger partial charge in [-0.3, -0.25) is 9.59 Å². The molecule has 0 spiro atoms. The lowest BCUT2D eigenvalue weighted by molar-refractivity contribution is -0.128. The van der Waals surface area contributed by atoms with Gasteiger partial charge in [-0.2, -0.15) is 0 Å². The fourth-order valence-electron chi connectivity index (χ4n) is 1.50. The smallest absolute Gasteiger partial charge is 0.222 e. The summed E-state index contributed by atoms with van der Waals surface area (Å²) in [5.41, 5.74) is 0. The third kappa shape index (κ3) is 3.05. The van der Waals surface area contributed by atoms with Crippen molar-refractivity contribution >= 4 is 11.8 Å². The number of hydrogen-bond acceptors (Lipinski definition) is 2. The van der Waals surface area contributed by atoms with Gasteiger partial charge in [0.25, 0.3) is 0 Å². The highest BCUT2D eigenvalue weighted by Gasteiger charge is 2.19. The van der Waals surface area contributed by atoms with Crippen molar-refractivity contribution in [3.05, 3.63) is 0 Å². The van der Waals surface area contributed by atoms with E-state index in [1.54, 1.807) is 7.05 Å². The Balaban J connectivity index is 2.12. The molecule has 1 fully saturated rings. The quantitative estimate of drug-likeness (QED) is 0.675. The first-order valence-corrected chi connectivity index (χ1v) is 4.72. The van der Waals surface area contributed by atoms with Crippen molar-refractivity contribution in [2.24, 2.45) is 0 Å². The van der Waals surface area contributed by atoms with Gasteiger partial charge in [-0.25, -0.2) is 0 Å². The molecule has 1 heterocycles. The molecule has 1 N–H and O–H groups in total. The summed E-state index contributed by atoms with van der Waals surface area (Å²) in [7, 11) is 1.63. The number of hydrogen-bond donors (Lipinski definition) is 1. The van der Waals surface area contributed by atoms with Gasteiger partial charge in [0.15, 0.2) is 0 Å². The minimum Gasteiger partial charge on any atom is -0.359 e. The molecule has 0 aromatic rings. The van der Waals surface area contributed by atoms with Crippen molar-refractivity contribution in [3.8, 4) is 0 Å². The van der Waals surface area contributed by atoms with Gasteiger partial charge in [0.1, 0.15) is 0 Å². The second-order valence-electron chi connectivity index (χ2n) is 3.26. The largest absolute Gasteiger partial charge is 0.359 e. The summed E-state index contributed by atoms with van der Waals surface area (Å²) in [6.45, 7) is 1.60. The van der Waals surface area contributed by atoms with E-state index in [1.165, 1.54) is 0 Å². The van der Waals surface area contributed by atoms with Crippen LogP contribution in [0.4, 0.5) is 0 Å². The predicted molar refractivity (Wildman–Crippen MR) is 49.1 cm³/mol. The molecule has 1 rings (SSSR count). The summed E-state index contributed by atoms with van der Waals surface area (Å²) in [4.78, 5) is 23.8. The van der Waals surface area contributed by atoms with Crippen LogP contribution in [0, 0.1) is 0 Å². The average Bonchev–Trinajstić information content (AvgIpc) is 2.52. The topological polar surface area (TPSA) is 49.4 Å². The number of rotatable bonds is 4. The van der Waals surface area contributed by atoms with Crippen LogP contribution < -0.4 is 5.32 Å². The molecule has 74 valence electrons. The van der Waals surface area contributed by atoms with Gasteiger partial charge in [0, 0.05) is 33.0 Å². The summed E-state index contributed by atoms with van der Waals surface area (Å²) in [5, 5.41) is 2.56. The Hall–Kier alpha value is -1.06. The first-order chi connectivity index (χ1) is 6.24. The van der Waals surface area contributed by atoms with E-state index in [1.807, 2.05) is 4.90 Å². The molecule has 1 aliphatic heterocycles. The monoisotopic (exact) mass is 184 g/mol. The number of nitrogens with zero attached hydrogens (tertiary/aromatic N) is 1. The molecule has 4 nitrogen and oxygen atoms in total. The van der Waals surface area contributed by atoms with Crippen LogP contribution in [0.3, 0.4) is 0 Å². The second-order valence-corrected chi connectivity index (χ2v) is 3.26. The van der Waals surface area contributed by atoms with Gasteiger partial charge in [0.05, 0.1) is 0 Å². The van der Waals surface area contributed by atoms with E-state index in [-0.39, 0.29) is 11.8 Å². The molecular weight excluding hydrogens is 168 g/mol. The molecule has 4 heteroatoms. The molecule has 1 saturated heterocycles. The Kier molecular flexibility index (Phi) is 3.73. The first-order valence-electron chi connectivity index (χ1n) is 4.72. The average molecular weight is 184 g/mol. The summed E-state index contributed by atoms with van der Waals surface area (Å²) in [6, 6.07) is 0. The summed E-state index contributed by atoms with van der Waals surface area (Å²) in [5.74, 6) is 0.281.